The van der Waals surface area contributed by atoms with Gasteiger partial charge in [0.05, 0.1) is 0 Å². The average molecular weight is 301 g/mol. The Labute approximate surface area is 125 Å². The van der Waals surface area contributed by atoms with Gasteiger partial charge in [0.2, 0.25) is 10.1 Å². The second kappa shape index (κ2) is 5.25. The van der Waals surface area contributed by atoms with Crippen molar-refractivity contribution >= 4 is 27.3 Å². The molecule has 2 aromatic heterocycles. The monoisotopic (exact) mass is 301 g/mol. The number of rotatable bonds is 3. The van der Waals surface area contributed by atoms with Crippen LogP contribution in [0.15, 0.2) is 24.3 Å². The van der Waals surface area contributed by atoms with E-state index in [0.717, 1.165) is 11.4 Å². The maximum absolute atomic E-state index is 12.3. The normalized spacial score (nSPS) is 11.2. The molecule has 3 rings (SSSR count). The molecule has 108 valence electrons. The van der Waals surface area contributed by atoms with Crippen LogP contribution in [-0.4, -0.2) is 25.7 Å². The molecular formula is C14H15N5OS. The maximum atomic E-state index is 12.3. The number of fused-ring (bicyclic) bond motifs is 1. The van der Waals surface area contributed by atoms with Gasteiger partial charge in [-0.1, -0.05) is 43.4 Å². The van der Waals surface area contributed by atoms with Gasteiger partial charge >= 0.3 is 0 Å². The summed E-state index contributed by atoms with van der Waals surface area (Å²) < 4.78 is 1.68. The summed E-state index contributed by atoms with van der Waals surface area (Å²) in [6.45, 7) is 5.97. The van der Waals surface area contributed by atoms with Crippen molar-refractivity contribution in [3.63, 3.8) is 0 Å². The lowest BCUT2D eigenvalue weighted by atomic mass is 10.1. The summed E-state index contributed by atoms with van der Waals surface area (Å²) in [6, 6.07) is 7.45. The molecular weight excluding hydrogens is 286 g/mol. The number of nitrogens with zero attached hydrogens (tertiary/aromatic N) is 4. The van der Waals surface area contributed by atoms with E-state index >= 15 is 0 Å². The van der Waals surface area contributed by atoms with E-state index in [1.54, 1.807) is 10.6 Å². The minimum atomic E-state index is -0.163. The van der Waals surface area contributed by atoms with Crippen molar-refractivity contribution in [2.45, 2.75) is 26.7 Å². The van der Waals surface area contributed by atoms with Gasteiger partial charge in [-0.3, -0.25) is 10.1 Å². The van der Waals surface area contributed by atoms with Gasteiger partial charge in [0, 0.05) is 11.5 Å². The Balaban J connectivity index is 1.88. The molecule has 1 amide bonds. The highest BCUT2D eigenvalue weighted by Gasteiger charge is 2.16. The van der Waals surface area contributed by atoms with Gasteiger partial charge < -0.3 is 0 Å². The van der Waals surface area contributed by atoms with E-state index in [1.807, 2.05) is 39.0 Å². The van der Waals surface area contributed by atoms with E-state index in [-0.39, 0.29) is 11.8 Å². The molecule has 0 aliphatic rings. The van der Waals surface area contributed by atoms with Crippen LogP contribution in [0.5, 0.6) is 0 Å². The molecule has 0 fully saturated rings. The van der Waals surface area contributed by atoms with Crippen molar-refractivity contribution < 1.29 is 4.79 Å². The minimum Gasteiger partial charge on any atom is -0.296 e. The predicted octanol–water partition coefficient (Wildman–Crippen LogP) is 2.87. The number of aromatic nitrogens is 4. The molecule has 0 atom stereocenters. The lowest BCUT2D eigenvalue weighted by Gasteiger charge is -2.04. The fourth-order valence-electron chi connectivity index (χ4n) is 2.03. The molecule has 3 aromatic rings. The number of aryl methyl sites for hydroxylation is 1. The smallest absolute Gasteiger partial charge is 0.257 e. The van der Waals surface area contributed by atoms with Gasteiger partial charge in [-0.2, -0.15) is 4.52 Å². The summed E-state index contributed by atoms with van der Waals surface area (Å²) in [5.41, 5.74) is 1.58. The van der Waals surface area contributed by atoms with Gasteiger partial charge in [0.15, 0.2) is 5.82 Å². The number of hydrogen-bond donors (Lipinski definition) is 1. The van der Waals surface area contributed by atoms with Crippen LogP contribution in [0.25, 0.3) is 4.96 Å². The van der Waals surface area contributed by atoms with Crippen LogP contribution in [0.4, 0.5) is 5.13 Å². The fraction of sp³-hybridized carbons (Fsp3) is 0.286. The van der Waals surface area contributed by atoms with E-state index in [9.17, 15) is 4.79 Å². The molecule has 0 bridgehead atoms. The molecule has 0 saturated heterocycles. The summed E-state index contributed by atoms with van der Waals surface area (Å²) in [7, 11) is 0. The number of carbonyl (C=O) groups excluding carboxylic acids is 1. The first-order valence-electron chi connectivity index (χ1n) is 6.65. The number of benzene rings is 1. The molecule has 0 saturated carbocycles. The molecule has 2 heterocycles. The zero-order chi connectivity index (χ0) is 15.0. The number of nitrogens with one attached hydrogen (secondary N) is 1. The Bertz CT molecular complexity index is 805. The lowest BCUT2D eigenvalue weighted by molar-refractivity contribution is 0.102. The maximum Gasteiger partial charge on any atom is 0.257 e. The van der Waals surface area contributed by atoms with Crippen molar-refractivity contribution in [3.05, 3.63) is 41.2 Å². The molecule has 0 aliphatic heterocycles. The predicted molar refractivity (Wildman–Crippen MR) is 81.9 cm³/mol. The van der Waals surface area contributed by atoms with Crippen LogP contribution >= 0.6 is 11.3 Å². The van der Waals surface area contributed by atoms with E-state index < -0.39 is 0 Å². The first-order chi connectivity index (χ1) is 10.1. The first kappa shape index (κ1) is 13.7. The quantitative estimate of drug-likeness (QED) is 0.807. The zero-order valence-corrected chi connectivity index (χ0v) is 12.8. The number of hydrogen-bond acceptors (Lipinski definition) is 5. The van der Waals surface area contributed by atoms with E-state index in [1.165, 1.54) is 11.3 Å². The van der Waals surface area contributed by atoms with Gasteiger partial charge in [-0.15, -0.1) is 15.3 Å². The van der Waals surface area contributed by atoms with Crippen LogP contribution in [0.2, 0.25) is 0 Å². The van der Waals surface area contributed by atoms with Gasteiger partial charge in [-0.05, 0) is 18.6 Å². The average Bonchev–Trinajstić information content (AvgIpc) is 2.98. The van der Waals surface area contributed by atoms with Crippen LogP contribution < -0.4 is 5.32 Å². The second-order valence-electron chi connectivity index (χ2n) is 5.08. The van der Waals surface area contributed by atoms with Crippen molar-refractivity contribution in [2.24, 2.45) is 0 Å². The SMILES string of the molecule is Cc1ccccc1C(=O)Nc1nn2c(C(C)C)nnc2s1. The Morgan fingerprint density at radius 1 is 1.29 bits per heavy atom. The van der Waals surface area contributed by atoms with Gasteiger partial charge in [0.25, 0.3) is 5.91 Å². The minimum absolute atomic E-state index is 0.163. The van der Waals surface area contributed by atoms with E-state index in [2.05, 4.69) is 20.6 Å². The van der Waals surface area contributed by atoms with E-state index in [0.29, 0.717) is 15.7 Å². The molecule has 0 unspecified atom stereocenters. The van der Waals surface area contributed by atoms with Gasteiger partial charge in [-0.25, -0.2) is 0 Å². The standard InChI is InChI=1S/C14H15N5OS/c1-8(2)11-16-17-14-19(11)18-13(21-14)15-12(20)10-7-5-4-6-9(10)3/h4-8H,1-3H3,(H,15,18,20). The molecule has 1 aromatic carbocycles. The summed E-state index contributed by atoms with van der Waals surface area (Å²) in [4.78, 5) is 12.9. The molecule has 0 radical (unpaired) electrons. The highest BCUT2D eigenvalue weighted by Crippen LogP contribution is 2.22. The highest BCUT2D eigenvalue weighted by molar-refractivity contribution is 7.20. The molecule has 6 nitrogen and oxygen atoms in total. The summed E-state index contributed by atoms with van der Waals surface area (Å²) in [5.74, 6) is 0.851. The largest absolute Gasteiger partial charge is 0.296 e. The molecule has 21 heavy (non-hydrogen) atoms. The molecule has 0 aliphatic carbocycles. The van der Waals surface area contributed by atoms with Crippen LogP contribution in [0.1, 0.15) is 41.5 Å². The van der Waals surface area contributed by atoms with Crippen molar-refractivity contribution in [2.75, 3.05) is 5.32 Å². The first-order valence-corrected chi connectivity index (χ1v) is 7.47. The van der Waals surface area contributed by atoms with Crippen molar-refractivity contribution in [3.8, 4) is 0 Å². The lowest BCUT2D eigenvalue weighted by Crippen LogP contribution is -2.13. The Kier molecular flexibility index (Phi) is 3.42. The van der Waals surface area contributed by atoms with Crippen molar-refractivity contribution in [1.82, 2.24) is 19.8 Å². The third-order valence-electron chi connectivity index (χ3n) is 3.14. The Morgan fingerprint density at radius 3 is 2.76 bits per heavy atom. The summed E-state index contributed by atoms with van der Waals surface area (Å²) in [6.07, 6.45) is 0. The Hall–Kier alpha value is -2.28. The van der Waals surface area contributed by atoms with Gasteiger partial charge in [0.1, 0.15) is 0 Å². The summed E-state index contributed by atoms with van der Waals surface area (Å²) in [5, 5.41) is 15.9. The molecule has 1 N–H and O–H groups in total. The third kappa shape index (κ3) is 2.52. The number of amides is 1. The van der Waals surface area contributed by atoms with Crippen LogP contribution in [0.3, 0.4) is 0 Å². The topological polar surface area (TPSA) is 72.2 Å². The fourth-order valence-corrected chi connectivity index (χ4v) is 2.78. The molecule has 0 spiro atoms. The number of carbonyl (C=O) groups is 1. The summed E-state index contributed by atoms with van der Waals surface area (Å²) >= 11 is 1.31. The second-order valence-corrected chi connectivity index (χ2v) is 6.04. The van der Waals surface area contributed by atoms with Crippen LogP contribution in [-0.2, 0) is 0 Å². The molecule has 7 heteroatoms. The number of anilines is 1. The Morgan fingerprint density at radius 2 is 2.05 bits per heavy atom. The highest BCUT2D eigenvalue weighted by atomic mass is 32.1. The van der Waals surface area contributed by atoms with Crippen molar-refractivity contribution in [1.29, 1.82) is 0 Å². The third-order valence-corrected chi connectivity index (χ3v) is 3.96. The zero-order valence-electron chi connectivity index (χ0n) is 12.0. The van der Waals surface area contributed by atoms with Crippen LogP contribution in [0, 0.1) is 6.92 Å². The van der Waals surface area contributed by atoms with E-state index in [4.69, 9.17) is 0 Å².